The van der Waals surface area contributed by atoms with Gasteiger partial charge >= 0.3 is 0 Å². The van der Waals surface area contributed by atoms with E-state index in [2.05, 4.69) is 13.8 Å². The van der Waals surface area contributed by atoms with Crippen LogP contribution in [0.2, 0.25) is 0 Å². The first kappa shape index (κ1) is 12.6. The van der Waals surface area contributed by atoms with Gasteiger partial charge in [0, 0.05) is 17.7 Å². The molecule has 0 saturated carbocycles. The molecule has 1 amide bonds. The molecule has 4 heteroatoms. The lowest BCUT2D eigenvalue weighted by Crippen LogP contribution is -2.45. The number of nitrogens with zero attached hydrogens (tertiary/aromatic N) is 2. The third-order valence-electron chi connectivity index (χ3n) is 4.13. The van der Waals surface area contributed by atoms with Gasteiger partial charge in [-0.15, -0.1) is 0 Å². The van der Waals surface area contributed by atoms with Crippen molar-refractivity contribution in [3.05, 3.63) is 40.6 Å². The highest BCUT2D eigenvalue weighted by Gasteiger charge is 2.52. The van der Waals surface area contributed by atoms with Gasteiger partial charge in [-0.3, -0.25) is 4.79 Å². The van der Waals surface area contributed by atoms with Gasteiger partial charge in [0.2, 0.25) is 0 Å². The first-order chi connectivity index (χ1) is 8.94. The summed E-state index contributed by atoms with van der Waals surface area (Å²) in [6, 6.07) is 7.46. The van der Waals surface area contributed by atoms with Crippen molar-refractivity contribution in [2.24, 2.45) is 5.92 Å². The van der Waals surface area contributed by atoms with Gasteiger partial charge in [0.15, 0.2) is 0 Å². The molecule has 0 N–H and O–H groups in total. The van der Waals surface area contributed by atoms with Crippen molar-refractivity contribution in [2.45, 2.75) is 38.9 Å². The van der Waals surface area contributed by atoms with E-state index in [9.17, 15) is 10.0 Å². The lowest BCUT2D eigenvalue weighted by atomic mass is 9.90. The average molecular weight is 259 g/mol. The fraction of sp³-hybridized carbons (Fsp3) is 0.533. The molecule has 2 aliphatic rings. The van der Waals surface area contributed by atoms with E-state index < -0.39 is 6.17 Å². The Morgan fingerprint density at radius 2 is 2.11 bits per heavy atom. The summed E-state index contributed by atoms with van der Waals surface area (Å²) in [5.74, 6) is 0.454. The van der Waals surface area contributed by atoms with Crippen LogP contribution in [0.3, 0.4) is 0 Å². The standard InChI is InChI=1S/C15H19N2O2/c1-10(2)8-15(3)9-16(19)13-11-6-4-5-7-12(11)14(18)17(13)15/h4-7,10,13H,8-9H2,1-3H3/q-1. The van der Waals surface area contributed by atoms with E-state index in [0.29, 0.717) is 18.0 Å². The molecule has 19 heavy (non-hydrogen) atoms. The molecule has 3 rings (SSSR count). The van der Waals surface area contributed by atoms with Crippen molar-refractivity contribution >= 4 is 5.91 Å². The largest absolute Gasteiger partial charge is 0.783 e. The first-order valence-corrected chi connectivity index (χ1v) is 6.80. The quantitative estimate of drug-likeness (QED) is 0.820. The van der Waals surface area contributed by atoms with Crippen molar-refractivity contribution in [3.63, 3.8) is 0 Å². The maximum absolute atomic E-state index is 12.6. The molecule has 2 heterocycles. The number of hydrogen-bond donors (Lipinski definition) is 0. The molecule has 2 unspecified atom stereocenters. The van der Waals surface area contributed by atoms with Gasteiger partial charge in [-0.1, -0.05) is 32.0 Å². The van der Waals surface area contributed by atoms with E-state index in [1.54, 1.807) is 4.90 Å². The zero-order valence-corrected chi connectivity index (χ0v) is 11.6. The molecule has 1 saturated heterocycles. The predicted octanol–water partition coefficient (Wildman–Crippen LogP) is 2.76. The fourth-order valence-corrected chi connectivity index (χ4v) is 3.66. The minimum atomic E-state index is -0.424. The highest BCUT2D eigenvalue weighted by Crippen LogP contribution is 2.47. The van der Waals surface area contributed by atoms with Crippen molar-refractivity contribution in [3.8, 4) is 0 Å². The molecule has 0 spiro atoms. The van der Waals surface area contributed by atoms with Crippen molar-refractivity contribution < 1.29 is 4.79 Å². The summed E-state index contributed by atoms with van der Waals surface area (Å²) < 4.78 is 0. The second-order valence-corrected chi connectivity index (χ2v) is 6.31. The minimum absolute atomic E-state index is 0.00194. The highest BCUT2D eigenvalue weighted by atomic mass is 16.5. The highest BCUT2D eigenvalue weighted by molar-refractivity contribution is 6.00. The number of carbonyl (C=O) groups excluding carboxylic acids is 1. The average Bonchev–Trinajstić information content (AvgIpc) is 2.75. The Labute approximate surface area is 113 Å². The molecular formula is C15H19N2O2-. The van der Waals surface area contributed by atoms with Gasteiger partial charge in [0.1, 0.15) is 6.17 Å². The van der Waals surface area contributed by atoms with Gasteiger partial charge in [-0.2, -0.15) is 0 Å². The molecule has 2 atom stereocenters. The maximum atomic E-state index is 12.6. The van der Waals surface area contributed by atoms with Gasteiger partial charge in [0.25, 0.3) is 5.91 Å². The molecule has 2 aliphatic heterocycles. The minimum Gasteiger partial charge on any atom is -0.783 e. The van der Waals surface area contributed by atoms with Crippen LogP contribution in [0, 0.1) is 11.1 Å². The number of amides is 1. The van der Waals surface area contributed by atoms with Crippen LogP contribution in [-0.4, -0.2) is 28.0 Å². The van der Waals surface area contributed by atoms with Crippen LogP contribution in [0.5, 0.6) is 0 Å². The van der Waals surface area contributed by atoms with E-state index in [-0.39, 0.29) is 11.4 Å². The molecule has 0 bridgehead atoms. The molecule has 0 radical (unpaired) electrons. The van der Waals surface area contributed by atoms with Crippen LogP contribution in [-0.2, 0) is 0 Å². The number of hydrogen-bond acceptors (Lipinski definition) is 3. The third kappa shape index (κ3) is 1.70. The van der Waals surface area contributed by atoms with Crippen LogP contribution in [0.4, 0.5) is 0 Å². The summed E-state index contributed by atoms with van der Waals surface area (Å²) in [6.45, 7) is 6.68. The zero-order chi connectivity index (χ0) is 13.8. The number of carbonyl (C=O) groups is 1. The molecule has 4 nitrogen and oxygen atoms in total. The van der Waals surface area contributed by atoms with Crippen molar-refractivity contribution in [2.75, 3.05) is 6.54 Å². The molecule has 1 aromatic rings. The second-order valence-electron chi connectivity index (χ2n) is 6.31. The SMILES string of the molecule is CC(C)CC1(C)CN([O-])C2c3ccccc3C(=O)N21. The third-order valence-corrected chi connectivity index (χ3v) is 4.13. The number of hydroxylamine groups is 2. The van der Waals surface area contributed by atoms with Crippen LogP contribution in [0.25, 0.3) is 0 Å². The predicted molar refractivity (Wildman–Crippen MR) is 73.3 cm³/mol. The monoisotopic (exact) mass is 259 g/mol. The van der Waals surface area contributed by atoms with Crippen molar-refractivity contribution in [1.29, 1.82) is 0 Å². The van der Waals surface area contributed by atoms with Crippen molar-refractivity contribution in [1.82, 2.24) is 9.96 Å². The molecular weight excluding hydrogens is 240 g/mol. The Morgan fingerprint density at radius 3 is 2.79 bits per heavy atom. The maximum Gasteiger partial charge on any atom is 0.256 e. The topological polar surface area (TPSA) is 46.6 Å². The van der Waals surface area contributed by atoms with Crippen LogP contribution < -0.4 is 0 Å². The molecule has 1 aromatic carbocycles. The Morgan fingerprint density at radius 1 is 1.42 bits per heavy atom. The van der Waals surface area contributed by atoms with Crippen LogP contribution >= 0.6 is 0 Å². The smallest absolute Gasteiger partial charge is 0.256 e. The fourth-order valence-electron chi connectivity index (χ4n) is 3.66. The Bertz CT molecular complexity index is 529. The lowest BCUT2D eigenvalue weighted by Gasteiger charge is -2.35. The van der Waals surface area contributed by atoms with Gasteiger partial charge in [-0.05, 0) is 25.3 Å². The van der Waals surface area contributed by atoms with E-state index in [1.165, 1.54) is 0 Å². The summed E-state index contributed by atoms with van der Waals surface area (Å²) in [7, 11) is 0. The van der Waals surface area contributed by atoms with E-state index in [4.69, 9.17) is 0 Å². The summed E-state index contributed by atoms with van der Waals surface area (Å²) >= 11 is 0. The summed E-state index contributed by atoms with van der Waals surface area (Å²) in [4.78, 5) is 14.4. The zero-order valence-electron chi connectivity index (χ0n) is 11.6. The Balaban J connectivity index is 2.05. The molecule has 1 fully saturated rings. The van der Waals surface area contributed by atoms with Gasteiger partial charge in [-0.25, -0.2) is 0 Å². The summed E-state index contributed by atoms with van der Waals surface area (Å²) in [5, 5.41) is 13.3. The first-order valence-electron chi connectivity index (χ1n) is 6.80. The van der Waals surface area contributed by atoms with Crippen LogP contribution in [0.1, 0.15) is 49.3 Å². The number of rotatable bonds is 2. The lowest BCUT2D eigenvalue weighted by molar-refractivity contribution is 0.0520. The van der Waals surface area contributed by atoms with E-state index in [0.717, 1.165) is 17.0 Å². The number of benzene rings is 1. The molecule has 0 aliphatic carbocycles. The van der Waals surface area contributed by atoms with Crippen LogP contribution in [0.15, 0.2) is 24.3 Å². The molecule has 0 aromatic heterocycles. The van der Waals surface area contributed by atoms with Gasteiger partial charge in [0.05, 0.1) is 5.54 Å². The Hall–Kier alpha value is -1.39. The number of fused-ring (bicyclic) bond motifs is 3. The normalized spacial score (nSPS) is 30.1. The van der Waals surface area contributed by atoms with E-state index in [1.807, 2.05) is 31.2 Å². The van der Waals surface area contributed by atoms with E-state index >= 15 is 0 Å². The Kier molecular flexibility index (Phi) is 2.69. The summed E-state index contributed by atoms with van der Waals surface area (Å²) in [6.07, 6.45) is 0.426. The second kappa shape index (κ2) is 4.05. The molecule has 102 valence electrons. The van der Waals surface area contributed by atoms with Gasteiger partial charge < -0.3 is 15.2 Å². The summed E-state index contributed by atoms with van der Waals surface area (Å²) in [5.41, 5.74) is 1.18.